The Kier molecular flexibility index (Phi) is 5.15. The summed E-state index contributed by atoms with van der Waals surface area (Å²) in [7, 11) is 0. The Bertz CT molecular complexity index is 401. The lowest BCUT2D eigenvalue weighted by molar-refractivity contribution is 0.128. The Hall–Kier alpha value is 0.280. The lowest BCUT2D eigenvalue weighted by Gasteiger charge is -2.17. The first-order valence-corrected chi connectivity index (χ1v) is 6.62. The van der Waals surface area contributed by atoms with Crippen molar-refractivity contribution < 1.29 is 13.9 Å². The maximum atomic E-state index is 12.2. The molecule has 0 saturated carbocycles. The van der Waals surface area contributed by atoms with Gasteiger partial charge in [0.25, 0.3) is 0 Å². The zero-order valence-corrected chi connectivity index (χ0v) is 12.6. The van der Waals surface area contributed by atoms with Gasteiger partial charge in [0.15, 0.2) is 0 Å². The normalized spacial score (nSPS) is 13.2. The van der Waals surface area contributed by atoms with Gasteiger partial charge in [-0.1, -0.05) is 15.9 Å². The minimum atomic E-state index is -2.49. The third kappa shape index (κ3) is 3.15. The van der Waals surface area contributed by atoms with Crippen molar-refractivity contribution in [1.29, 1.82) is 0 Å². The van der Waals surface area contributed by atoms with Crippen LogP contribution < -0.4 is 5.73 Å². The lowest BCUT2D eigenvalue weighted by atomic mass is 10.0. The largest absolute Gasteiger partial charge is 0.506 e. The number of hydrogen-bond donors (Lipinski definition) is 2. The van der Waals surface area contributed by atoms with Gasteiger partial charge in [-0.15, -0.1) is 0 Å². The van der Waals surface area contributed by atoms with Gasteiger partial charge in [-0.3, -0.25) is 0 Å². The van der Waals surface area contributed by atoms with E-state index in [1.807, 2.05) is 0 Å². The smallest absolute Gasteiger partial charge is 0.240 e. The highest BCUT2D eigenvalue weighted by Gasteiger charge is 2.21. The fraction of sp³-hybridized carbons (Fsp3) is 0.333. The molecule has 0 fully saturated rings. The first kappa shape index (κ1) is 14.3. The van der Waals surface area contributed by atoms with E-state index in [0.717, 1.165) is 0 Å². The van der Waals surface area contributed by atoms with E-state index in [1.165, 1.54) is 0 Å². The second-order valence-electron chi connectivity index (χ2n) is 3.15. The van der Waals surface area contributed by atoms with Crippen LogP contribution in [0.1, 0.15) is 18.0 Å². The van der Waals surface area contributed by atoms with Crippen LogP contribution in [0.4, 0.5) is 8.78 Å². The molecule has 0 heterocycles. The molecule has 0 radical (unpaired) electrons. The molecule has 0 amide bonds. The van der Waals surface area contributed by atoms with Gasteiger partial charge in [0.05, 0.1) is 8.95 Å². The molecule has 0 unspecified atom stereocenters. The predicted molar refractivity (Wildman–Crippen MR) is 68.8 cm³/mol. The van der Waals surface area contributed by atoms with Crippen molar-refractivity contribution in [3.8, 4) is 5.75 Å². The SMILES string of the molecule is N[C@@H](CC(F)F)c1c(Br)cc(Br)c(O)c1Br. The van der Waals surface area contributed by atoms with Gasteiger partial charge in [0, 0.05) is 22.5 Å². The second-order valence-corrected chi connectivity index (χ2v) is 5.65. The van der Waals surface area contributed by atoms with Gasteiger partial charge in [-0.25, -0.2) is 8.78 Å². The molecule has 0 spiro atoms. The van der Waals surface area contributed by atoms with Crippen LogP contribution in [0.2, 0.25) is 0 Å². The van der Waals surface area contributed by atoms with Crippen LogP contribution in [0.25, 0.3) is 0 Å². The van der Waals surface area contributed by atoms with E-state index in [0.29, 0.717) is 19.0 Å². The highest BCUT2D eigenvalue weighted by Crippen LogP contribution is 2.42. The van der Waals surface area contributed by atoms with Gasteiger partial charge >= 0.3 is 0 Å². The van der Waals surface area contributed by atoms with Crippen LogP contribution in [0.5, 0.6) is 5.75 Å². The van der Waals surface area contributed by atoms with Crippen molar-refractivity contribution in [2.75, 3.05) is 0 Å². The number of halogens is 5. The molecule has 3 N–H and O–H groups in total. The summed E-state index contributed by atoms with van der Waals surface area (Å²) in [5.74, 6) is -0.0529. The number of phenolic OH excluding ortho intramolecular Hbond substituents is 1. The molecule has 1 aromatic carbocycles. The Morgan fingerprint density at radius 1 is 1.25 bits per heavy atom. The third-order valence-corrected chi connectivity index (χ3v) is 4.05. The summed E-state index contributed by atoms with van der Waals surface area (Å²) in [6, 6.07) is 0.726. The highest BCUT2D eigenvalue weighted by molar-refractivity contribution is 9.11. The summed E-state index contributed by atoms with van der Waals surface area (Å²) in [6.07, 6.45) is -2.95. The zero-order valence-electron chi connectivity index (χ0n) is 7.85. The summed E-state index contributed by atoms with van der Waals surface area (Å²) < 4.78 is 25.8. The van der Waals surface area contributed by atoms with Gasteiger partial charge < -0.3 is 10.8 Å². The van der Waals surface area contributed by atoms with E-state index < -0.39 is 18.9 Å². The standard InChI is InChI=1S/C9H8Br3F2NO/c10-3-1-4(11)9(16)8(12)7(3)5(15)2-6(13)14/h1,5-6,16H,2,15H2/t5-/m0/s1. The summed E-state index contributed by atoms with van der Waals surface area (Å²) >= 11 is 9.50. The maximum absolute atomic E-state index is 12.2. The van der Waals surface area contributed by atoms with E-state index in [9.17, 15) is 13.9 Å². The maximum Gasteiger partial charge on any atom is 0.240 e. The van der Waals surface area contributed by atoms with E-state index in [4.69, 9.17) is 5.73 Å². The van der Waals surface area contributed by atoms with Crippen molar-refractivity contribution in [3.05, 3.63) is 25.0 Å². The lowest BCUT2D eigenvalue weighted by Crippen LogP contribution is -2.15. The monoisotopic (exact) mass is 421 g/mol. The fourth-order valence-electron chi connectivity index (χ4n) is 1.24. The van der Waals surface area contributed by atoms with E-state index in [1.54, 1.807) is 6.07 Å². The quantitative estimate of drug-likeness (QED) is 0.760. The first-order chi connectivity index (χ1) is 7.34. The number of rotatable bonds is 3. The summed E-state index contributed by atoms with van der Waals surface area (Å²) in [5, 5.41) is 9.64. The van der Waals surface area contributed by atoms with Crippen molar-refractivity contribution >= 4 is 47.8 Å². The molecule has 90 valence electrons. The van der Waals surface area contributed by atoms with Crippen molar-refractivity contribution in [2.45, 2.75) is 18.9 Å². The van der Waals surface area contributed by atoms with Crippen LogP contribution in [0, 0.1) is 0 Å². The van der Waals surface area contributed by atoms with Gasteiger partial charge in [-0.05, 0) is 37.9 Å². The molecule has 0 aliphatic heterocycles. The highest BCUT2D eigenvalue weighted by atomic mass is 79.9. The molecule has 7 heteroatoms. The van der Waals surface area contributed by atoms with Crippen LogP contribution in [-0.2, 0) is 0 Å². The van der Waals surface area contributed by atoms with Gasteiger partial charge in [-0.2, -0.15) is 0 Å². The van der Waals surface area contributed by atoms with Crippen LogP contribution in [-0.4, -0.2) is 11.5 Å². The molecule has 0 bridgehead atoms. The molecule has 0 saturated heterocycles. The Morgan fingerprint density at radius 3 is 2.31 bits per heavy atom. The number of phenols is 1. The molecule has 2 nitrogen and oxygen atoms in total. The number of nitrogens with two attached hydrogens (primary N) is 1. The molecular formula is C9H8Br3F2NO. The van der Waals surface area contributed by atoms with Crippen LogP contribution in [0.3, 0.4) is 0 Å². The van der Waals surface area contributed by atoms with E-state index in [-0.39, 0.29) is 5.75 Å². The van der Waals surface area contributed by atoms with Crippen LogP contribution >= 0.6 is 47.8 Å². The number of aromatic hydroxyl groups is 1. The Labute approximate surface area is 117 Å². The van der Waals surface area contributed by atoms with Crippen molar-refractivity contribution in [2.24, 2.45) is 5.73 Å². The minimum absolute atomic E-state index is 0.0529. The minimum Gasteiger partial charge on any atom is -0.506 e. The average molecular weight is 424 g/mol. The van der Waals surface area contributed by atoms with E-state index >= 15 is 0 Å². The Balaban J connectivity index is 3.18. The molecular weight excluding hydrogens is 416 g/mol. The number of alkyl halides is 2. The summed E-state index contributed by atoms with van der Waals surface area (Å²) in [4.78, 5) is 0. The summed E-state index contributed by atoms with van der Waals surface area (Å²) in [5.41, 5.74) is 6.08. The van der Waals surface area contributed by atoms with Gasteiger partial charge in [0.2, 0.25) is 6.43 Å². The molecule has 0 aliphatic rings. The first-order valence-electron chi connectivity index (χ1n) is 4.24. The molecule has 1 rings (SSSR count). The number of benzene rings is 1. The van der Waals surface area contributed by atoms with Gasteiger partial charge in [0.1, 0.15) is 5.75 Å². The number of hydrogen-bond acceptors (Lipinski definition) is 2. The average Bonchev–Trinajstić information content (AvgIpc) is 2.13. The predicted octanol–water partition coefficient (Wildman–Crippen LogP) is 4.33. The fourth-order valence-corrected chi connectivity index (χ4v) is 3.95. The molecule has 1 aromatic rings. The zero-order chi connectivity index (χ0) is 12.5. The van der Waals surface area contributed by atoms with Crippen LogP contribution in [0.15, 0.2) is 19.5 Å². The Morgan fingerprint density at radius 2 is 1.81 bits per heavy atom. The third-order valence-electron chi connectivity index (χ3n) is 1.98. The molecule has 0 aliphatic carbocycles. The molecule has 1 atom stereocenters. The topological polar surface area (TPSA) is 46.2 Å². The second kappa shape index (κ2) is 5.75. The van der Waals surface area contributed by atoms with Crippen molar-refractivity contribution in [1.82, 2.24) is 0 Å². The summed E-state index contributed by atoms with van der Waals surface area (Å²) in [6.45, 7) is 0. The van der Waals surface area contributed by atoms with E-state index in [2.05, 4.69) is 47.8 Å². The molecule has 16 heavy (non-hydrogen) atoms. The molecule has 0 aromatic heterocycles. The van der Waals surface area contributed by atoms with Crippen molar-refractivity contribution in [3.63, 3.8) is 0 Å².